The van der Waals surface area contributed by atoms with E-state index in [4.69, 9.17) is 15.9 Å². The zero-order valence-electron chi connectivity index (χ0n) is 5.82. The molecule has 0 radical (unpaired) electrons. The second-order valence-electron chi connectivity index (χ2n) is 2.02. The molecular weight excluding hydrogens is 166 g/mol. The summed E-state index contributed by atoms with van der Waals surface area (Å²) >= 11 is 0. The number of benzene rings is 1. The van der Waals surface area contributed by atoms with Crippen LogP contribution in [0, 0.1) is 0 Å². The van der Waals surface area contributed by atoms with Gasteiger partial charge in [-0.2, -0.15) is 0 Å². The van der Waals surface area contributed by atoms with Crippen LogP contribution in [0.25, 0.3) is 0 Å². The third-order valence-electron chi connectivity index (χ3n) is 1.28. The molecule has 0 heterocycles. The molecule has 0 saturated carbocycles. The molecule has 0 aliphatic heterocycles. The van der Waals surface area contributed by atoms with Gasteiger partial charge in [-0.15, -0.1) is 12.4 Å². The summed E-state index contributed by atoms with van der Waals surface area (Å²) in [6, 6.07) is 4.27. The Kier molecular flexibility index (Phi) is 3.71. The molecule has 0 aromatic heterocycles. The van der Waals surface area contributed by atoms with Crippen LogP contribution in [0.1, 0.15) is 5.56 Å². The predicted octanol–water partition coefficient (Wildman–Crippen LogP) is 0.978. The van der Waals surface area contributed by atoms with Gasteiger partial charge in [0.25, 0.3) is 0 Å². The van der Waals surface area contributed by atoms with Crippen molar-refractivity contribution in [2.45, 2.75) is 6.54 Å². The lowest BCUT2D eigenvalue weighted by atomic mass is 10.2. The van der Waals surface area contributed by atoms with E-state index in [1.807, 2.05) is 0 Å². The smallest absolute Gasteiger partial charge is 0.120 e. The number of nitrogens with two attached hydrogens (primary N) is 1. The van der Waals surface area contributed by atoms with Gasteiger partial charge < -0.3 is 15.9 Å². The lowest BCUT2D eigenvalue weighted by Gasteiger charge is -2.00. The van der Waals surface area contributed by atoms with E-state index >= 15 is 0 Å². The van der Waals surface area contributed by atoms with Gasteiger partial charge in [-0.3, -0.25) is 0 Å². The topological polar surface area (TPSA) is 66.5 Å². The van der Waals surface area contributed by atoms with Gasteiger partial charge in [0.1, 0.15) is 11.5 Å². The molecule has 3 nitrogen and oxygen atoms in total. The first-order chi connectivity index (χ1) is 4.74. The fraction of sp³-hybridized carbons (Fsp3) is 0.143. The van der Waals surface area contributed by atoms with Crippen LogP contribution >= 0.6 is 12.4 Å². The Hall–Kier alpha value is -0.930. The number of halogens is 1. The first kappa shape index (κ1) is 10.1. The molecule has 0 amide bonds. The zero-order valence-corrected chi connectivity index (χ0v) is 6.64. The molecule has 11 heavy (non-hydrogen) atoms. The van der Waals surface area contributed by atoms with Crippen molar-refractivity contribution in [3.05, 3.63) is 23.8 Å². The molecule has 1 aromatic rings. The first-order valence-electron chi connectivity index (χ1n) is 2.95. The fourth-order valence-electron chi connectivity index (χ4n) is 0.735. The minimum Gasteiger partial charge on any atom is -0.508 e. The standard InChI is InChI=1S/C7H9NO2.ClH/c8-4-5-3-6(9)1-2-7(5)10;/h1-3,9-10H,4,8H2;1H. The van der Waals surface area contributed by atoms with Crippen LogP contribution in [0.4, 0.5) is 0 Å². The van der Waals surface area contributed by atoms with E-state index in [1.54, 1.807) is 0 Å². The molecule has 0 aliphatic carbocycles. The van der Waals surface area contributed by atoms with Crippen LogP contribution in [0.5, 0.6) is 11.5 Å². The number of rotatable bonds is 1. The summed E-state index contributed by atoms with van der Waals surface area (Å²) in [5.74, 6) is 0.249. The van der Waals surface area contributed by atoms with E-state index in [9.17, 15) is 0 Å². The summed E-state index contributed by atoms with van der Waals surface area (Å²) < 4.78 is 0. The molecule has 4 heteroatoms. The first-order valence-corrected chi connectivity index (χ1v) is 2.95. The van der Waals surface area contributed by atoms with Crippen molar-refractivity contribution >= 4 is 12.4 Å². The van der Waals surface area contributed by atoms with Crippen molar-refractivity contribution in [3.8, 4) is 11.5 Å². The summed E-state index contributed by atoms with van der Waals surface area (Å²) in [7, 11) is 0. The predicted molar refractivity (Wildman–Crippen MR) is 44.9 cm³/mol. The molecule has 1 aromatic carbocycles. The minimum absolute atomic E-state index is 0. The molecule has 0 spiro atoms. The number of hydrogen-bond acceptors (Lipinski definition) is 3. The van der Waals surface area contributed by atoms with Gasteiger partial charge in [-0.25, -0.2) is 0 Å². The Balaban J connectivity index is 0.000001000. The summed E-state index contributed by atoms with van der Waals surface area (Å²) in [6.07, 6.45) is 0. The molecule has 0 bridgehead atoms. The maximum atomic E-state index is 9.04. The van der Waals surface area contributed by atoms with Crippen molar-refractivity contribution < 1.29 is 10.2 Å². The minimum atomic E-state index is 0. The van der Waals surface area contributed by atoms with Crippen LogP contribution in [0.2, 0.25) is 0 Å². The molecular formula is C7H10ClNO2. The molecule has 1 rings (SSSR count). The Morgan fingerprint density at radius 1 is 1.27 bits per heavy atom. The molecule has 0 fully saturated rings. The number of phenolic OH excluding ortho intramolecular Hbond substituents is 2. The van der Waals surface area contributed by atoms with Gasteiger partial charge in [-0.1, -0.05) is 0 Å². The second-order valence-corrected chi connectivity index (χ2v) is 2.02. The van der Waals surface area contributed by atoms with E-state index in [-0.39, 0.29) is 30.5 Å². The third-order valence-corrected chi connectivity index (χ3v) is 1.28. The highest BCUT2D eigenvalue weighted by Gasteiger charge is 1.97. The fourth-order valence-corrected chi connectivity index (χ4v) is 0.735. The quantitative estimate of drug-likeness (QED) is 0.558. The Morgan fingerprint density at radius 2 is 1.91 bits per heavy atom. The summed E-state index contributed by atoms with van der Waals surface area (Å²) in [6.45, 7) is 0.236. The Morgan fingerprint density at radius 3 is 2.36 bits per heavy atom. The van der Waals surface area contributed by atoms with E-state index in [2.05, 4.69) is 0 Å². The lowest BCUT2D eigenvalue weighted by molar-refractivity contribution is 0.454. The number of hydrogen-bond donors (Lipinski definition) is 3. The van der Waals surface area contributed by atoms with Crippen LogP contribution in [-0.2, 0) is 6.54 Å². The van der Waals surface area contributed by atoms with Gasteiger partial charge in [0.2, 0.25) is 0 Å². The molecule has 0 saturated heterocycles. The van der Waals surface area contributed by atoms with Gasteiger partial charge in [0, 0.05) is 12.1 Å². The highest BCUT2D eigenvalue weighted by atomic mass is 35.5. The third kappa shape index (κ3) is 2.29. The van der Waals surface area contributed by atoms with Crippen molar-refractivity contribution in [3.63, 3.8) is 0 Å². The average Bonchev–Trinajstić information content (AvgIpc) is 1.94. The van der Waals surface area contributed by atoms with Crippen LogP contribution in [0.15, 0.2) is 18.2 Å². The number of phenols is 2. The second kappa shape index (κ2) is 4.05. The maximum absolute atomic E-state index is 9.04. The van der Waals surface area contributed by atoms with Crippen LogP contribution < -0.4 is 5.73 Å². The molecule has 0 atom stereocenters. The summed E-state index contributed by atoms with van der Waals surface area (Å²) in [5, 5.41) is 17.9. The summed E-state index contributed by atoms with van der Waals surface area (Å²) in [4.78, 5) is 0. The van der Waals surface area contributed by atoms with Crippen molar-refractivity contribution in [1.29, 1.82) is 0 Å². The van der Waals surface area contributed by atoms with Gasteiger partial charge in [-0.05, 0) is 18.2 Å². The SMILES string of the molecule is Cl.NCc1cc(O)ccc1O. The average molecular weight is 176 g/mol. The zero-order chi connectivity index (χ0) is 7.56. The molecule has 62 valence electrons. The van der Waals surface area contributed by atoms with E-state index in [1.165, 1.54) is 18.2 Å². The van der Waals surface area contributed by atoms with Gasteiger partial charge in [0.05, 0.1) is 0 Å². The van der Waals surface area contributed by atoms with Gasteiger partial charge >= 0.3 is 0 Å². The maximum Gasteiger partial charge on any atom is 0.120 e. The molecule has 4 N–H and O–H groups in total. The van der Waals surface area contributed by atoms with Gasteiger partial charge in [0.15, 0.2) is 0 Å². The van der Waals surface area contributed by atoms with Crippen molar-refractivity contribution in [1.82, 2.24) is 0 Å². The monoisotopic (exact) mass is 175 g/mol. The van der Waals surface area contributed by atoms with Crippen molar-refractivity contribution in [2.24, 2.45) is 5.73 Å². The summed E-state index contributed by atoms with van der Waals surface area (Å²) in [5.41, 5.74) is 5.80. The molecule has 0 aliphatic rings. The van der Waals surface area contributed by atoms with Crippen LogP contribution in [0.3, 0.4) is 0 Å². The highest BCUT2D eigenvalue weighted by Crippen LogP contribution is 2.20. The Bertz CT molecular complexity index is 240. The van der Waals surface area contributed by atoms with E-state index in [0.717, 1.165) is 0 Å². The largest absolute Gasteiger partial charge is 0.508 e. The lowest BCUT2D eigenvalue weighted by Crippen LogP contribution is -1.95. The Labute approximate surface area is 70.9 Å². The van der Waals surface area contributed by atoms with Crippen LogP contribution in [-0.4, -0.2) is 10.2 Å². The van der Waals surface area contributed by atoms with E-state index in [0.29, 0.717) is 5.56 Å². The normalized spacial score (nSPS) is 8.82. The number of aromatic hydroxyl groups is 2. The van der Waals surface area contributed by atoms with E-state index < -0.39 is 0 Å². The molecule has 0 unspecified atom stereocenters. The van der Waals surface area contributed by atoms with Crippen molar-refractivity contribution in [2.75, 3.05) is 0 Å². The highest BCUT2D eigenvalue weighted by molar-refractivity contribution is 5.85.